The third-order valence-electron chi connectivity index (χ3n) is 8.85. The standard InChI is InChI=1S/C27H41FN6S/c28-24-16-22(18-30-31-27(29)35)25(34-11-10-20-6-4-5-7-21(20)19-34)17-26(24)33-14-12-32(13-15-33)23-8-2-1-3-9-23/h16-18,20-21,23H,1-15,19H2,(H3,29,31,35)/b30-18+/t20-,21+/m0/s1. The van der Waals surface area contributed by atoms with Gasteiger partial charge in [0, 0.05) is 56.6 Å². The maximum absolute atomic E-state index is 15.5. The van der Waals surface area contributed by atoms with Crippen molar-refractivity contribution in [2.75, 3.05) is 49.1 Å². The molecule has 2 aliphatic heterocycles. The fourth-order valence-electron chi connectivity index (χ4n) is 6.95. The number of fused-ring (bicyclic) bond motifs is 1. The second kappa shape index (κ2) is 11.4. The monoisotopic (exact) mass is 500 g/mol. The molecule has 0 bridgehead atoms. The van der Waals surface area contributed by atoms with Gasteiger partial charge in [-0.15, -0.1) is 0 Å². The lowest BCUT2D eigenvalue weighted by Crippen LogP contribution is -2.51. The van der Waals surface area contributed by atoms with E-state index < -0.39 is 0 Å². The Morgan fingerprint density at radius 2 is 1.60 bits per heavy atom. The Morgan fingerprint density at radius 1 is 0.886 bits per heavy atom. The van der Waals surface area contributed by atoms with E-state index in [-0.39, 0.29) is 10.9 Å². The fraction of sp³-hybridized carbons (Fsp3) is 0.704. The van der Waals surface area contributed by atoms with Crippen molar-refractivity contribution in [2.24, 2.45) is 22.7 Å². The number of nitrogens with zero attached hydrogens (tertiary/aromatic N) is 4. The maximum atomic E-state index is 15.5. The zero-order chi connectivity index (χ0) is 24.2. The molecule has 3 N–H and O–H groups in total. The van der Waals surface area contributed by atoms with Crippen LogP contribution in [0.2, 0.25) is 0 Å². The van der Waals surface area contributed by atoms with Gasteiger partial charge in [-0.1, -0.05) is 38.5 Å². The number of piperazine rings is 1. The van der Waals surface area contributed by atoms with E-state index in [1.807, 2.05) is 0 Å². The number of halogens is 1. The molecule has 0 aromatic heterocycles. The summed E-state index contributed by atoms with van der Waals surface area (Å²) in [5.41, 5.74) is 10.8. The first kappa shape index (κ1) is 24.8. The number of rotatable bonds is 5. The lowest BCUT2D eigenvalue weighted by atomic mass is 9.75. The number of thiocarbonyl (C=S) groups is 1. The zero-order valence-corrected chi connectivity index (χ0v) is 21.7. The van der Waals surface area contributed by atoms with Crippen molar-refractivity contribution < 1.29 is 4.39 Å². The van der Waals surface area contributed by atoms with Crippen LogP contribution in [0.1, 0.15) is 69.8 Å². The van der Waals surface area contributed by atoms with Crippen LogP contribution in [0.4, 0.5) is 15.8 Å². The highest BCUT2D eigenvalue weighted by molar-refractivity contribution is 7.80. The van der Waals surface area contributed by atoms with Gasteiger partial charge in [-0.2, -0.15) is 5.10 Å². The molecule has 2 heterocycles. The van der Waals surface area contributed by atoms with E-state index >= 15 is 4.39 Å². The molecule has 0 unspecified atom stereocenters. The number of anilines is 2. The van der Waals surface area contributed by atoms with Crippen LogP contribution in [0.3, 0.4) is 0 Å². The molecule has 8 heteroatoms. The van der Waals surface area contributed by atoms with Crippen LogP contribution >= 0.6 is 12.2 Å². The van der Waals surface area contributed by atoms with Gasteiger partial charge in [-0.3, -0.25) is 10.3 Å². The summed E-state index contributed by atoms with van der Waals surface area (Å²) in [5.74, 6) is 1.41. The first-order valence-corrected chi connectivity index (χ1v) is 14.2. The molecule has 6 nitrogen and oxygen atoms in total. The van der Waals surface area contributed by atoms with Crippen molar-refractivity contribution in [3.63, 3.8) is 0 Å². The number of nitrogens with one attached hydrogen (secondary N) is 1. The first-order valence-electron chi connectivity index (χ1n) is 13.7. The molecule has 2 saturated carbocycles. The molecule has 2 atom stereocenters. The minimum absolute atomic E-state index is 0.110. The molecule has 4 aliphatic rings. The Kier molecular flexibility index (Phi) is 8.07. The summed E-state index contributed by atoms with van der Waals surface area (Å²) in [6, 6.07) is 4.45. The number of nitrogens with two attached hydrogens (primary N) is 1. The smallest absolute Gasteiger partial charge is 0.184 e. The van der Waals surface area contributed by atoms with E-state index in [9.17, 15) is 0 Å². The predicted octanol–water partition coefficient (Wildman–Crippen LogP) is 4.46. The summed E-state index contributed by atoms with van der Waals surface area (Å²) in [6.07, 6.45) is 15.0. The van der Waals surface area contributed by atoms with Crippen molar-refractivity contribution in [2.45, 2.75) is 70.3 Å². The van der Waals surface area contributed by atoms with Gasteiger partial charge >= 0.3 is 0 Å². The largest absolute Gasteiger partial charge is 0.375 e. The summed E-state index contributed by atoms with van der Waals surface area (Å²) in [7, 11) is 0. The Hall–Kier alpha value is -1.93. The molecule has 1 aromatic carbocycles. The van der Waals surface area contributed by atoms with Crippen LogP contribution in [0.5, 0.6) is 0 Å². The molecule has 0 spiro atoms. The third kappa shape index (κ3) is 5.91. The van der Waals surface area contributed by atoms with Crippen LogP contribution in [0.25, 0.3) is 0 Å². The second-order valence-corrected chi connectivity index (χ2v) is 11.4. The van der Waals surface area contributed by atoms with Crippen molar-refractivity contribution in [3.05, 3.63) is 23.5 Å². The van der Waals surface area contributed by atoms with E-state index in [1.165, 1.54) is 64.2 Å². The summed E-state index contributed by atoms with van der Waals surface area (Å²) < 4.78 is 15.5. The molecule has 0 radical (unpaired) electrons. The van der Waals surface area contributed by atoms with E-state index in [0.29, 0.717) is 0 Å². The topological polar surface area (TPSA) is 60.1 Å². The normalized spacial score (nSPS) is 26.7. The van der Waals surface area contributed by atoms with Crippen molar-refractivity contribution in [3.8, 4) is 0 Å². The molecule has 2 saturated heterocycles. The summed E-state index contributed by atoms with van der Waals surface area (Å²) >= 11 is 4.88. The lowest BCUT2D eigenvalue weighted by molar-refractivity contribution is 0.147. The highest BCUT2D eigenvalue weighted by atomic mass is 32.1. The second-order valence-electron chi connectivity index (χ2n) is 11.0. The number of hydrazone groups is 1. The average molecular weight is 501 g/mol. The zero-order valence-electron chi connectivity index (χ0n) is 20.9. The van der Waals surface area contributed by atoms with Crippen LogP contribution in [0, 0.1) is 17.7 Å². The van der Waals surface area contributed by atoms with Crippen molar-refractivity contribution in [1.82, 2.24) is 10.3 Å². The molecule has 0 amide bonds. The summed E-state index contributed by atoms with van der Waals surface area (Å²) in [5, 5.41) is 4.28. The Labute approximate surface area is 215 Å². The summed E-state index contributed by atoms with van der Waals surface area (Å²) in [6.45, 7) is 5.88. The molecule has 2 aliphatic carbocycles. The quantitative estimate of drug-likeness (QED) is 0.354. The minimum Gasteiger partial charge on any atom is -0.375 e. The van der Waals surface area contributed by atoms with Gasteiger partial charge in [0.15, 0.2) is 5.11 Å². The highest BCUT2D eigenvalue weighted by Crippen LogP contribution is 2.39. The van der Waals surface area contributed by atoms with Crippen molar-refractivity contribution in [1.29, 1.82) is 0 Å². The van der Waals surface area contributed by atoms with Crippen LogP contribution in [-0.4, -0.2) is 61.5 Å². The van der Waals surface area contributed by atoms with E-state index in [0.717, 1.165) is 74.1 Å². The van der Waals surface area contributed by atoms with Crippen LogP contribution < -0.4 is 21.0 Å². The predicted molar refractivity (Wildman–Crippen MR) is 147 cm³/mol. The molecule has 35 heavy (non-hydrogen) atoms. The molecular weight excluding hydrogens is 459 g/mol. The van der Waals surface area contributed by atoms with Gasteiger partial charge in [-0.25, -0.2) is 4.39 Å². The molecule has 5 rings (SSSR count). The number of hydrogen-bond acceptors (Lipinski definition) is 5. The van der Waals surface area contributed by atoms with Gasteiger partial charge in [0.05, 0.1) is 11.9 Å². The lowest BCUT2D eigenvalue weighted by Gasteiger charge is -2.44. The van der Waals surface area contributed by atoms with E-state index in [4.69, 9.17) is 18.0 Å². The van der Waals surface area contributed by atoms with Gasteiger partial charge in [0.25, 0.3) is 0 Å². The fourth-order valence-corrected chi connectivity index (χ4v) is 7.00. The van der Waals surface area contributed by atoms with Gasteiger partial charge in [0.1, 0.15) is 5.82 Å². The first-order chi connectivity index (χ1) is 17.1. The molecular formula is C27H41FN6S. The molecule has 192 valence electrons. The van der Waals surface area contributed by atoms with Gasteiger partial charge in [-0.05, 0) is 61.9 Å². The average Bonchev–Trinajstić information content (AvgIpc) is 2.89. The van der Waals surface area contributed by atoms with E-state index in [1.54, 1.807) is 12.3 Å². The Bertz CT molecular complexity index is 909. The highest BCUT2D eigenvalue weighted by Gasteiger charge is 2.33. The SMILES string of the molecule is NC(=S)N/N=C/c1cc(F)c(N2CCN(C3CCCCC3)CC2)cc1N1CC[C@@H]2CCCC[C@@H]2C1. The maximum Gasteiger partial charge on any atom is 0.184 e. The van der Waals surface area contributed by atoms with E-state index in [2.05, 4.69) is 31.3 Å². The van der Waals surface area contributed by atoms with Crippen molar-refractivity contribution >= 4 is 34.9 Å². The number of hydrogen-bond donors (Lipinski definition) is 2. The van der Waals surface area contributed by atoms with Gasteiger partial charge in [0.2, 0.25) is 0 Å². The summed E-state index contributed by atoms with van der Waals surface area (Å²) in [4.78, 5) is 7.36. The van der Waals surface area contributed by atoms with Crippen LogP contribution in [0.15, 0.2) is 17.2 Å². The van der Waals surface area contributed by atoms with Crippen LogP contribution in [-0.2, 0) is 0 Å². The molecule has 4 fully saturated rings. The number of benzene rings is 1. The third-order valence-corrected chi connectivity index (χ3v) is 8.94. The van der Waals surface area contributed by atoms with Gasteiger partial charge < -0.3 is 15.5 Å². The molecule has 1 aromatic rings. The minimum atomic E-state index is -0.177. The Balaban J connectivity index is 1.35. The number of piperidine rings is 1. The Morgan fingerprint density at radius 3 is 2.34 bits per heavy atom.